The van der Waals surface area contributed by atoms with Crippen LogP contribution in [-0.4, -0.2) is 22.1 Å². The zero-order valence-electron chi connectivity index (χ0n) is 22.1. The van der Waals surface area contributed by atoms with Crippen molar-refractivity contribution < 1.29 is 24.2 Å². The van der Waals surface area contributed by atoms with Crippen molar-refractivity contribution >= 4 is 17.6 Å². The number of rotatable bonds is 5. The Kier molecular flexibility index (Phi) is 7.44. The van der Waals surface area contributed by atoms with E-state index in [9.17, 15) is 19.1 Å². The monoisotopic (exact) mass is 513 g/mol. The van der Waals surface area contributed by atoms with Crippen LogP contribution in [0, 0.1) is 11.8 Å². The predicted octanol–water partition coefficient (Wildman–Crippen LogP) is 6.54. The van der Waals surface area contributed by atoms with Crippen LogP contribution in [0.2, 0.25) is 0 Å². The molecule has 4 rings (SSSR count). The maximum atomic E-state index is 13.6. The molecule has 196 valence electrons. The fraction of sp³-hybridized carbons (Fsp3) is 0.312. The van der Waals surface area contributed by atoms with Crippen LogP contribution < -0.4 is 5.32 Å². The van der Waals surface area contributed by atoms with Gasteiger partial charge in [-0.1, -0.05) is 63.8 Å². The molecule has 1 aliphatic carbocycles. The molecule has 3 aromatic carbocycles. The summed E-state index contributed by atoms with van der Waals surface area (Å²) in [4.78, 5) is 24.4. The number of aromatic carboxylic acids is 1. The number of aliphatic hydroxyl groups is 1. The molecule has 0 spiro atoms. The molecule has 3 N–H and O–H groups in total. The number of halogens is 1. The van der Waals surface area contributed by atoms with Gasteiger partial charge in [0.15, 0.2) is 0 Å². The van der Waals surface area contributed by atoms with E-state index in [1.807, 2.05) is 6.07 Å². The molecular formula is C32H32FNO4. The third-order valence-corrected chi connectivity index (χ3v) is 7.40. The van der Waals surface area contributed by atoms with Gasteiger partial charge < -0.3 is 15.5 Å². The number of anilines is 1. The minimum absolute atomic E-state index is 0.158. The molecule has 0 fully saturated rings. The summed E-state index contributed by atoms with van der Waals surface area (Å²) < 4.78 is 13.6. The van der Waals surface area contributed by atoms with Crippen molar-refractivity contribution in [2.75, 3.05) is 5.32 Å². The van der Waals surface area contributed by atoms with E-state index < -0.39 is 24.7 Å². The summed E-state index contributed by atoms with van der Waals surface area (Å²) >= 11 is 0. The Hall–Kier alpha value is -3.95. The normalized spacial score (nSPS) is 15.9. The maximum absolute atomic E-state index is 13.6. The second kappa shape index (κ2) is 10.4. The number of carboxylic acid groups (broad SMARTS) is 1. The number of alkyl halides is 1. The Morgan fingerprint density at radius 3 is 2.32 bits per heavy atom. The molecule has 1 amide bonds. The predicted molar refractivity (Wildman–Crippen MR) is 146 cm³/mol. The molecule has 0 saturated heterocycles. The quantitative estimate of drug-likeness (QED) is 0.338. The van der Waals surface area contributed by atoms with Gasteiger partial charge in [-0.3, -0.25) is 4.79 Å². The summed E-state index contributed by atoms with van der Waals surface area (Å²) in [6.45, 7) is 7.84. The first-order valence-electron chi connectivity index (χ1n) is 12.6. The van der Waals surface area contributed by atoms with E-state index >= 15 is 0 Å². The smallest absolute Gasteiger partial charge is 0.335 e. The fourth-order valence-corrected chi connectivity index (χ4v) is 5.05. The first-order chi connectivity index (χ1) is 17.9. The highest BCUT2D eigenvalue weighted by atomic mass is 19.1. The van der Waals surface area contributed by atoms with E-state index in [0.717, 1.165) is 24.0 Å². The third-order valence-electron chi connectivity index (χ3n) is 7.40. The molecule has 1 aliphatic rings. The number of amides is 1. The van der Waals surface area contributed by atoms with Gasteiger partial charge >= 0.3 is 5.97 Å². The maximum Gasteiger partial charge on any atom is 0.335 e. The Morgan fingerprint density at radius 2 is 1.66 bits per heavy atom. The zero-order valence-corrected chi connectivity index (χ0v) is 22.1. The number of carboxylic acids is 1. The number of aliphatic hydroxyl groups excluding tert-OH is 1. The largest absolute Gasteiger partial charge is 0.478 e. The molecule has 6 heteroatoms. The van der Waals surface area contributed by atoms with Gasteiger partial charge in [-0.25, -0.2) is 9.18 Å². The average Bonchev–Trinajstić information content (AvgIpc) is 2.89. The van der Waals surface area contributed by atoms with Gasteiger partial charge in [-0.2, -0.15) is 0 Å². The van der Waals surface area contributed by atoms with E-state index in [-0.39, 0.29) is 22.0 Å². The van der Waals surface area contributed by atoms with Crippen LogP contribution in [0.3, 0.4) is 0 Å². The number of hydrogen-bond acceptors (Lipinski definition) is 3. The van der Waals surface area contributed by atoms with Crippen LogP contribution in [-0.2, 0) is 17.5 Å². The molecule has 3 aromatic rings. The number of benzene rings is 3. The molecular weight excluding hydrogens is 481 g/mol. The Labute approximate surface area is 222 Å². The van der Waals surface area contributed by atoms with Crippen molar-refractivity contribution in [3.8, 4) is 11.8 Å². The Morgan fingerprint density at radius 1 is 1.00 bits per heavy atom. The van der Waals surface area contributed by atoms with Crippen LogP contribution in [0.25, 0.3) is 0 Å². The van der Waals surface area contributed by atoms with Gasteiger partial charge in [-0.15, -0.1) is 0 Å². The van der Waals surface area contributed by atoms with Gasteiger partial charge in [0.25, 0.3) is 5.91 Å². The van der Waals surface area contributed by atoms with Crippen LogP contribution >= 0.6 is 0 Å². The molecule has 1 unspecified atom stereocenters. The summed E-state index contributed by atoms with van der Waals surface area (Å²) in [5, 5.41) is 23.2. The van der Waals surface area contributed by atoms with E-state index in [4.69, 9.17) is 5.11 Å². The molecule has 0 radical (unpaired) electrons. The van der Waals surface area contributed by atoms with E-state index in [1.165, 1.54) is 12.1 Å². The van der Waals surface area contributed by atoms with Crippen molar-refractivity contribution in [2.45, 2.75) is 64.1 Å². The molecule has 0 saturated carbocycles. The number of hydrogen-bond donors (Lipinski definition) is 3. The minimum atomic E-state index is -1.14. The molecule has 0 bridgehead atoms. The Bertz CT molecular complexity index is 1440. The lowest BCUT2D eigenvalue weighted by atomic mass is 9.62. The van der Waals surface area contributed by atoms with Gasteiger partial charge in [-0.05, 0) is 82.3 Å². The summed E-state index contributed by atoms with van der Waals surface area (Å²) in [7, 11) is 0. The molecule has 0 aromatic heterocycles. The number of fused-ring (bicyclic) bond motifs is 1. The summed E-state index contributed by atoms with van der Waals surface area (Å²) in [6.07, 6.45) is 0.714. The molecule has 0 aliphatic heterocycles. The van der Waals surface area contributed by atoms with E-state index in [1.54, 1.807) is 42.5 Å². The van der Waals surface area contributed by atoms with Crippen molar-refractivity contribution in [1.82, 2.24) is 0 Å². The zero-order chi connectivity index (χ0) is 27.7. The highest BCUT2D eigenvalue weighted by Gasteiger charge is 2.39. The first-order valence-corrected chi connectivity index (χ1v) is 12.6. The van der Waals surface area contributed by atoms with Gasteiger partial charge in [0.2, 0.25) is 0 Å². The lowest BCUT2D eigenvalue weighted by Crippen LogP contribution is -2.35. The lowest BCUT2D eigenvalue weighted by molar-refractivity contribution is 0.0696. The van der Waals surface area contributed by atoms with Crippen LogP contribution in [0.5, 0.6) is 0 Å². The molecule has 1 atom stereocenters. The summed E-state index contributed by atoms with van der Waals surface area (Å²) in [6, 6.07) is 16.4. The van der Waals surface area contributed by atoms with Gasteiger partial charge in [0.05, 0.1) is 5.56 Å². The summed E-state index contributed by atoms with van der Waals surface area (Å²) in [5.41, 5.74) is 4.06. The van der Waals surface area contributed by atoms with Gasteiger partial charge in [0.1, 0.15) is 12.8 Å². The average molecular weight is 514 g/mol. The first kappa shape index (κ1) is 27.1. The second-order valence-corrected chi connectivity index (χ2v) is 11.1. The second-order valence-electron chi connectivity index (χ2n) is 11.1. The fourth-order valence-electron chi connectivity index (χ4n) is 5.05. The minimum Gasteiger partial charge on any atom is -0.478 e. The number of carbonyl (C=O) groups excluding carboxylic acids is 1. The van der Waals surface area contributed by atoms with Crippen molar-refractivity contribution in [3.63, 3.8) is 0 Å². The van der Waals surface area contributed by atoms with Crippen LogP contribution in [0.4, 0.5) is 10.1 Å². The van der Waals surface area contributed by atoms with E-state index in [2.05, 4.69) is 44.9 Å². The lowest BCUT2D eigenvalue weighted by Gasteiger charge is -2.43. The standard InChI is InChI=1S/C32H32FNO4/c1-31(2)15-16-32(3,4)28-25(31)17-23(27(35)14-11-20-9-12-21(13-10-20)30(37)38)18-26(28)34-29(36)24-8-6-5-7-22(24)19-33/h5-10,12-13,17-18,27,35H,15-16,19H2,1-4H3,(H,34,36)(H,37,38). The summed E-state index contributed by atoms with van der Waals surface area (Å²) in [5.74, 6) is 4.32. The third kappa shape index (κ3) is 5.49. The SMILES string of the molecule is CC1(C)CCC(C)(C)c2c(NC(=O)c3ccccc3CF)cc(C(O)C#Cc3ccc(C(=O)O)cc3)cc21. The van der Waals surface area contributed by atoms with Crippen LogP contribution in [0.15, 0.2) is 60.7 Å². The highest BCUT2D eigenvalue weighted by Crippen LogP contribution is 2.49. The van der Waals surface area contributed by atoms with Crippen molar-refractivity contribution in [3.05, 3.63) is 99.6 Å². The topological polar surface area (TPSA) is 86.6 Å². The van der Waals surface area contributed by atoms with Crippen LogP contribution in [0.1, 0.15) is 95.2 Å². The molecule has 38 heavy (non-hydrogen) atoms. The number of carbonyl (C=O) groups is 2. The highest BCUT2D eigenvalue weighted by molar-refractivity contribution is 6.06. The van der Waals surface area contributed by atoms with E-state index in [0.29, 0.717) is 22.4 Å². The molecule has 0 heterocycles. The van der Waals surface area contributed by atoms with Crippen molar-refractivity contribution in [2.24, 2.45) is 0 Å². The molecule has 5 nitrogen and oxygen atoms in total. The van der Waals surface area contributed by atoms with Gasteiger partial charge in [0, 0.05) is 16.8 Å². The Balaban J connectivity index is 1.77. The number of nitrogens with one attached hydrogen (secondary N) is 1. The van der Waals surface area contributed by atoms with Crippen molar-refractivity contribution in [1.29, 1.82) is 0 Å².